The largest absolute Gasteiger partial charge is 0.308 e. The first-order valence-electron chi connectivity index (χ1n) is 3.64. The van der Waals surface area contributed by atoms with Gasteiger partial charge in [0.25, 0.3) is 0 Å². The Balaban J connectivity index is 1.99. The van der Waals surface area contributed by atoms with Crippen LogP contribution < -0.4 is 5.32 Å². The molecule has 1 heterocycles. The lowest BCUT2D eigenvalue weighted by atomic mass is 9.91. The minimum Gasteiger partial charge on any atom is -0.308 e. The second-order valence-electron chi connectivity index (χ2n) is 3.21. The monoisotopic (exact) mass is 111 g/mol. The fourth-order valence-corrected chi connectivity index (χ4v) is 1.85. The molecule has 1 heteroatoms. The van der Waals surface area contributed by atoms with Crippen molar-refractivity contribution in [3.05, 3.63) is 0 Å². The van der Waals surface area contributed by atoms with E-state index in [9.17, 15) is 0 Å². The second kappa shape index (κ2) is 1.47. The Morgan fingerprint density at radius 2 is 2.25 bits per heavy atom. The average Bonchev–Trinajstić information content (AvgIpc) is 2.45. The summed E-state index contributed by atoms with van der Waals surface area (Å²) in [6.07, 6.45) is 4.35. The van der Waals surface area contributed by atoms with Crippen molar-refractivity contribution < 1.29 is 0 Å². The van der Waals surface area contributed by atoms with Crippen molar-refractivity contribution in [3.8, 4) is 0 Å². The molecule has 0 unspecified atom stereocenters. The third-order valence-corrected chi connectivity index (χ3v) is 2.52. The molecule has 0 aromatic carbocycles. The minimum atomic E-state index is 0.920. The Morgan fingerprint density at radius 1 is 1.38 bits per heavy atom. The highest BCUT2D eigenvalue weighted by Gasteiger charge is 2.42. The van der Waals surface area contributed by atoms with Gasteiger partial charge in [-0.2, -0.15) is 0 Å². The Kier molecular flexibility index (Phi) is 0.884. The van der Waals surface area contributed by atoms with E-state index in [4.69, 9.17) is 0 Å². The highest BCUT2D eigenvalue weighted by molar-refractivity contribution is 5.03. The molecule has 1 N–H and O–H groups in total. The van der Waals surface area contributed by atoms with Crippen LogP contribution in [0.3, 0.4) is 0 Å². The van der Waals surface area contributed by atoms with E-state index in [1.165, 1.54) is 19.3 Å². The lowest BCUT2D eigenvalue weighted by Gasteiger charge is -2.13. The van der Waals surface area contributed by atoms with Gasteiger partial charge in [-0.1, -0.05) is 13.3 Å². The maximum Gasteiger partial charge on any atom is 0.0250 e. The zero-order valence-electron chi connectivity index (χ0n) is 5.35. The van der Waals surface area contributed by atoms with Gasteiger partial charge in [-0.05, 0) is 18.8 Å². The van der Waals surface area contributed by atoms with Gasteiger partial charge in [0, 0.05) is 12.1 Å². The molecule has 0 bridgehead atoms. The van der Waals surface area contributed by atoms with Crippen LogP contribution in [0, 0.1) is 5.92 Å². The van der Waals surface area contributed by atoms with Crippen LogP contribution in [0.25, 0.3) is 0 Å². The SMILES string of the molecule is C[C@@H]1CCC[C@@H]2N[C@H]12. The van der Waals surface area contributed by atoms with E-state index in [0.717, 1.165) is 18.0 Å². The van der Waals surface area contributed by atoms with Crippen molar-refractivity contribution in [3.63, 3.8) is 0 Å². The molecule has 8 heavy (non-hydrogen) atoms. The highest BCUT2D eigenvalue weighted by atomic mass is 15.2. The van der Waals surface area contributed by atoms with Gasteiger partial charge in [0.2, 0.25) is 0 Å². The van der Waals surface area contributed by atoms with E-state index in [0.29, 0.717) is 0 Å². The van der Waals surface area contributed by atoms with E-state index < -0.39 is 0 Å². The summed E-state index contributed by atoms with van der Waals surface area (Å²) >= 11 is 0. The maximum atomic E-state index is 3.48. The Hall–Kier alpha value is -0.0400. The fourth-order valence-electron chi connectivity index (χ4n) is 1.85. The molecular weight excluding hydrogens is 98.1 g/mol. The number of rotatable bonds is 0. The number of hydrogen-bond acceptors (Lipinski definition) is 1. The molecule has 1 saturated heterocycles. The van der Waals surface area contributed by atoms with E-state index in [1.807, 2.05) is 0 Å². The van der Waals surface area contributed by atoms with Gasteiger partial charge in [-0.3, -0.25) is 0 Å². The lowest BCUT2D eigenvalue weighted by molar-refractivity contribution is 0.438. The smallest absolute Gasteiger partial charge is 0.0250 e. The van der Waals surface area contributed by atoms with E-state index in [2.05, 4.69) is 12.2 Å². The third-order valence-electron chi connectivity index (χ3n) is 2.52. The zero-order chi connectivity index (χ0) is 5.56. The summed E-state index contributed by atoms with van der Waals surface area (Å²) in [5.41, 5.74) is 0. The van der Waals surface area contributed by atoms with Crippen LogP contribution >= 0.6 is 0 Å². The average molecular weight is 111 g/mol. The third kappa shape index (κ3) is 0.576. The molecular formula is C7H13N. The van der Waals surface area contributed by atoms with Gasteiger partial charge in [0.05, 0.1) is 0 Å². The summed E-state index contributed by atoms with van der Waals surface area (Å²) in [6, 6.07) is 1.85. The van der Waals surface area contributed by atoms with Crippen molar-refractivity contribution in [2.75, 3.05) is 0 Å². The van der Waals surface area contributed by atoms with Crippen LogP contribution in [0.2, 0.25) is 0 Å². The normalized spacial score (nSPS) is 52.9. The van der Waals surface area contributed by atoms with Gasteiger partial charge in [0.15, 0.2) is 0 Å². The standard InChI is InChI=1S/C7H13N/c1-5-3-2-4-6-7(5)8-6/h5-8H,2-4H2,1H3/t5-,6+,7-/m1/s1. The summed E-state index contributed by atoms with van der Waals surface area (Å²) in [4.78, 5) is 0. The number of hydrogen-bond donors (Lipinski definition) is 1. The van der Waals surface area contributed by atoms with Gasteiger partial charge in [-0.15, -0.1) is 0 Å². The Labute approximate surface area is 50.5 Å². The number of nitrogens with one attached hydrogen (secondary N) is 1. The number of fused-ring (bicyclic) bond motifs is 1. The molecule has 0 aromatic heterocycles. The van der Waals surface area contributed by atoms with Crippen molar-refractivity contribution >= 4 is 0 Å². The van der Waals surface area contributed by atoms with Crippen molar-refractivity contribution in [1.29, 1.82) is 0 Å². The molecule has 1 nitrogen and oxygen atoms in total. The molecule has 1 aliphatic heterocycles. The molecule has 1 aliphatic carbocycles. The van der Waals surface area contributed by atoms with Crippen molar-refractivity contribution in [1.82, 2.24) is 5.32 Å². The summed E-state index contributed by atoms with van der Waals surface area (Å²) < 4.78 is 0. The van der Waals surface area contributed by atoms with Crippen LogP contribution in [-0.4, -0.2) is 12.1 Å². The quantitative estimate of drug-likeness (QED) is 0.465. The Morgan fingerprint density at radius 3 is 2.88 bits per heavy atom. The summed E-state index contributed by atoms with van der Waals surface area (Å²) in [7, 11) is 0. The van der Waals surface area contributed by atoms with Crippen LogP contribution in [0.1, 0.15) is 26.2 Å². The van der Waals surface area contributed by atoms with Gasteiger partial charge < -0.3 is 5.32 Å². The molecule has 46 valence electrons. The molecule has 1 saturated carbocycles. The van der Waals surface area contributed by atoms with Crippen molar-refractivity contribution in [2.24, 2.45) is 5.92 Å². The van der Waals surface area contributed by atoms with Crippen molar-refractivity contribution in [2.45, 2.75) is 38.3 Å². The van der Waals surface area contributed by atoms with E-state index >= 15 is 0 Å². The summed E-state index contributed by atoms with van der Waals surface area (Å²) in [5, 5.41) is 3.48. The van der Waals surface area contributed by atoms with Crippen LogP contribution in [0.4, 0.5) is 0 Å². The second-order valence-corrected chi connectivity index (χ2v) is 3.21. The molecule has 2 fully saturated rings. The molecule has 2 aliphatic rings. The summed E-state index contributed by atoms with van der Waals surface area (Å²) in [5.74, 6) is 0.966. The molecule has 2 rings (SSSR count). The molecule has 0 amide bonds. The van der Waals surface area contributed by atoms with E-state index in [1.54, 1.807) is 0 Å². The Bertz CT molecular complexity index is 101. The van der Waals surface area contributed by atoms with Crippen LogP contribution in [0.5, 0.6) is 0 Å². The first-order valence-corrected chi connectivity index (χ1v) is 3.64. The fraction of sp³-hybridized carbons (Fsp3) is 1.00. The first-order chi connectivity index (χ1) is 3.88. The van der Waals surface area contributed by atoms with E-state index in [-0.39, 0.29) is 0 Å². The predicted octanol–water partition coefficient (Wildman–Crippen LogP) is 1.15. The minimum absolute atomic E-state index is 0.920. The van der Waals surface area contributed by atoms with Crippen LogP contribution in [0.15, 0.2) is 0 Å². The lowest BCUT2D eigenvalue weighted by Crippen LogP contribution is -2.12. The molecule has 0 aromatic rings. The van der Waals surface area contributed by atoms with Gasteiger partial charge >= 0.3 is 0 Å². The zero-order valence-corrected chi connectivity index (χ0v) is 5.35. The van der Waals surface area contributed by atoms with Crippen LogP contribution in [-0.2, 0) is 0 Å². The molecule has 0 spiro atoms. The van der Waals surface area contributed by atoms with Gasteiger partial charge in [-0.25, -0.2) is 0 Å². The highest BCUT2D eigenvalue weighted by Crippen LogP contribution is 2.33. The topological polar surface area (TPSA) is 21.9 Å². The summed E-state index contributed by atoms with van der Waals surface area (Å²) in [6.45, 7) is 2.36. The van der Waals surface area contributed by atoms with Gasteiger partial charge in [0.1, 0.15) is 0 Å². The molecule has 3 atom stereocenters. The maximum absolute atomic E-state index is 3.48. The first kappa shape index (κ1) is 4.80. The molecule has 0 radical (unpaired) electrons. The predicted molar refractivity (Wildman–Crippen MR) is 33.7 cm³/mol.